The number of carbonyl (C=O) groups excluding carboxylic acids is 2. The van der Waals surface area contributed by atoms with Gasteiger partial charge in [-0.25, -0.2) is 8.42 Å². The lowest BCUT2D eigenvalue weighted by Gasteiger charge is -2.15. The first kappa shape index (κ1) is 18.9. The Kier molecular flexibility index (Phi) is 5.78. The van der Waals surface area contributed by atoms with E-state index >= 15 is 0 Å². The van der Waals surface area contributed by atoms with Gasteiger partial charge in [0.1, 0.15) is 5.25 Å². The molecule has 1 heterocycles. The summed E-state index contributed by atoms with van der Waals surface area (Å²) in [6, 6.07) is 7.25. The van der Waals surface area contributed by atoms with Gasteiger partial charge in [-0.3, -0.25) is 14.7 Å². The number of amides is 2. The van der Waals surface area contributed by atoms with E-state index in [9.17, 15) is 18.0 Å². The summed E-state index contributed by atoms with van der Waals surface area (Å²) in [7, 11) is -3.50. The van der Waals surface area contributed by atoms with Crippen molar-refractivity contribution in [1.29, 1.82) is 0 Å². The molecule has 1 aromatic heterocycles. The Balaban J connectivity index is 1.85. The summed E-state index contributed by atoms with van der Waals surface area (Å²) in [4.78, 5) is 24.1. The van der Waals surface area contributed by atoms with E-state index in [4.69, 9.17) is 0 Å². The summed E-state index contributed by atoms with van der Waals surface area (Å²) in [6.45, 7) is 4.73. The lowest BCUT2D eigenvalue weighted by atomic mass is 10.2. The normalized spacial score (nSPS) is 13.0. The fraction of sp³-hybridized carbons (Fsp3) is 0.438. The van der Waals surface area contributed by atoms with E-state index in [1.165, 1.54) is 20.8 Å². The van der Waals surface area contributed by atoms with Crippen molar-refractivity contribution in [1.82, 2.24) is 20.8 Å². The lowest BCUT2D eigenvalue weighted by molar-refractivity contribution is -0.120. The number of carbonyl (C=O) groups is 2. The molecule has 1 unspecified atom stereocenters. The summed E-state index contributed by atoms with van der Waals surface area (Å²) >= 11 is 0. The lowest BCUT2D eigenvalue weighted by Crippen LogP contribution is -2.43. The van der Waals surface area contributed by atoms with Gasteiger partial charge in [-0.1, -0.05) is 18.2 Å². The Morgan fingerprint density at radius 1 is 1.12 bits per heavy atom. The zero-order valence-corrected chi connectivity index (χ0v) is 15.2. The Bertz CT molecular complexity index is 873. The van der Waals surface area contributed by atoms with Crippen molar-refractivity contribution in [3.05, 3.63) is 30.0 Å². The van der Waals surface area contributed by atoms with Crippen LogP contribution in [0.2, 0.25) is 0 Å². The molecule has 25 heavy (non-hydrogen) atoms. The van der Waals surface area contributed by atoms with Crippen LogP contribution in [0, 0.1) is 0 Å². The Labute approximate surface area is 146 Å². The van der Waals surface area contributed by atoms with Gasteiger partial charge in [0.05, 0.1) is 10.8 Å². The van der Waals surface area contributed by atoms with E-state index < -0.39 is 26.2 Å². The maximum atomic E-state index is 12.1. The third-order valence-electron chi connectivity index (χ3n) is 3.91. The molecule has 1 aromatic carbocycles. The minimum atomic E-state index is -3.50. The van der Waals surface area contributed by atoms with E-state index in [-0.39, 0.29) is 24.7 Å². The van der Waals surface area contributed by atoms with Crippen LogP contribution in [-0.4, -0.2) is 54.0 Å². The number of sulfone groups is 1. The van der Waals surface area contributed by atoms with E-state index in [0.29, 0.717) is 5.39 Å². The van der Waals surface area contributed by atoms with Crippen molar-refractivity contribution < 1.29 is 18.0 Å². The number of nitrogens with one attached hydrogen (secondary N) is 3. The SMILES string of the molecule is CC(C)S(=O)(=O)C(C)C(=O)NCCNC(=O)c1n[nH]c2ccccc12. The number of H-pyrrole nitrogens is 1. The summed E-state index contributed by atoms with van der Waals surface area (Å²) in [5.74, 6) is -0.942. The third kappa shape index (κ3) is 4.16. The number of rotatable bonds is 7. The van der Waals surface area contributed by atoms with Gasteiger partial charge in [-0.05, 0) is 26.8 Å². The second-order valence-electron chi connectivity index (χ2n) is 5.94. The van der Waals surface area contributed by atoms with Crippen molar-refractivity contribution in [2.24, 2.45) is 0 Å². The molecular formula is C16H22N4O4S. The molecule has 0 saturated heterocycles. The molecule has 1 atom stereocenters. The molecule has 136 valence electrons. The van der Waals surface area contributed by atoms with Crippen LogP contribution in [-0.2, 0) is 14.6 Å². The summed E-state index contributed by atoms with van der Waals surface area (Å²) in [6.07, 6.45) is 0. The Morgan fingerprint density at radius 3 is 2.44 bits per heavy atom. The number of hydrogen-bond acceptors (Lipinski definition) is 5. The summed E-state index contributed by atoms with van der Waals surface area (Å²) in [5, 5.41) is 10.9. The van der Waals surface area contributed by atoms with Gasteiger partial charge in [0.25, 0.3) is 5.91 Å². The fourth-order valence-electron chi connectivity index (χ4n) is 2.28. The highest BCUT2D eigenvalue weighted by Gasteiger charge is 2.30. The maximum absolute atomic E-state index is 12.1. The molecular weight excluding hydrogens is 344 g/mol. The van der Waals surface area contributed by atoms with Crippen LogP contribution in [0.25, 0.3) is 10.9 Å². The van der Waals surface area contributed by atoms with Crippen molar-refractivity contribution in [3.63, 3.8) is 0 Å². The molecule has 0 aliphatic carbocycles. The predicted molar refractivity (Wildman–Crippen MR) is 95.0 cm³/mol. The largest absolute Gasteiger partial charge is 0.353 e. The van der Waals surface area contributed by atoms with Gasteiger partial charge in [-0.15, -0.1) is 0 Å². The highest BCUT2D eigenvalue weighted by Crippen LogP contribution is 2.14. The molecule has 0 aliphatic heterocycles. The second kappa shape index (κ2) is 7.64. The van der Waals surface area contributed by atoms with Gasteiger partial charge in [0.15, 0.2) is 15.5 Å². The van der Waals surface area contributed by atoms with Gasteiger partial charge >= 0.3 is 0 Å². The zero-order valence-electron chi connectivity index (χ0n) is 14.4. The highest BCUT2D eigenvalue weighted by atomic mass is 32.2. The molecule has 0 aliphatic rings. The van der Waals surface area contributed by atoms with Gasteiger partial charge in [-0.2, -0.15) is 5.10 Å². The molecule has 9 heteroatoms. The third-order valence-corrected chi connectivity index (χ3v) is 6.43. The standard InChI is InChI=1S/C16H22N4O4S/c1-10(2)25(23,24)11(3)15(21)17-8-9-18-16(22)14-12-6-4-5-7-13(12)19-20-14/h4-7,10-11H,8-9H2,1-3H3,(H,17,21)(H,18,22)(H,19,20). The minimum absolute atomic E-state index is 0.130. The molecule has 0 bridgehead atoms. The van der Waals surface area contributed by atoms with Crippen LogP contribution in [0.1, 0.15) is 31.3 Å². The number of hydrogen-bond donors (Lipinski definition) is 3. The van der Waals surface area contributed by atoms with Crippen molar-refractivity contribution in [2.45, 2.75) is 31.3 Å². The van der Waals surface area contributed by atoms with Crippen LogP contribution >= 0.6 is 0 Å². The molecule has 0 saturated carbocycles. The first-order valence-electron chi connectivity index (χ1n) is 7.97. The van der Waals surface area contributed by atoms with Crippen LogP contribution < -0.4 is 10.6 Å². The molecule has 3 N–H and O–H groups in total. The van der Waals surface area contributed by atoms with Crippen molar-refractivity contribution in [2.75, 3.05) is 13.1 Å². The van der Waals surface area contributed by atoms with Crippen LogP contribution in [0.15, 0.2) is 24.3 Å². The molecule has 0 spiro atoms. The number of fused-ring (bicyclic) bond motifs is 1. The Morgan fingerprint density at radius 2 is 1.76 bits per heavy atom. The van der Waals surface area contributed by atoms with Gasteiger partial charge < -0.3 is 10.6 Å². The summed E-state index contributed by atoms with van der Waals surface area (Å²) < 4.78 is 23.9. The molecule has 0 radical (unpaired) electrons. The van der Waals surface area contributed by atoms with E-state index in [1.54, 1.807) is 6.07 Å². The molecule has 2 rings (SSSR count). The summed E-state index contributed by atoms with van der Waals surface area (Å²) in [5.41, 5.74) is 1.03. The smallest absolute Gasteiger partial charge is 0.272 e. The van der Waals surface area contributed by atoms with Crippen molar-refractivity contribution in [3.8, 4) is 0 Å². The number of aromatic amines is 1. The van der Waals surface area contributed by atoms with Crippen LogP contribution in [0.4, 0.5) is 0 Å². The number of para-hydroxylation sites is 1. The van der Waals surface area contributed by atoms with E-state index in [0.717, 1.165) is 5.52 Å². The first-order chi connectivity index (χ1) is 11.7. The first-order valence-corrected chi connectivity index (χ1v) is 9.57. The predicted octanol–water partition coefficient (Wildman–Crippen LogP) is 0.621. The van der Waals surface area contributed by atoms with Crippen LogP contribution in [0.5, 0.6) is 0 Å². The highest BCUT2D eigenvalue weighted by molar-refractivity contribution is 7.93. The Hall–Kier alpha value is -2.42. The minimum Gasteiger partial charge on any atom is -0.353 e. The molecule has 8 nitrogen and oxygen atoms in total. The topological polar surface area (TPSA) is 121 Å². The molecule has 0 fully saturated rings. The van der Waals surface area contributed by atoms with E-state index in [1.807, 2.05) is 18.2 Å². The van der Waals surface area contributed by atoms with Gasteiger partial charge in [0, 0.05) is 18.5 Å². The monoisotopic (exact) mass is 366 g/mol. The molecule has 2 aromatic rings. The van der Waals surface area contributed by atoms with Crippen LogP contribution in [0.3, 0.4) is 0 Å². The number of benzene rings is 1. The fourth-order valence-corrected chi connectivity index (χ4v) is 3.48. The van der Waals surface area contributed by atoms with E-state index in [2.05, 4.69) is 20.8 Å². The quantitative estimate of drug-likeness (QED) is 0.620. The number of aromatic nitrogens is 2. The average Bonchev–Trinajstić information content (AvgIpc) is 3.01. The van der Waals surface area contributed by atoms with Gasteiger partial charge in [0.2, 0.25) is 5.91 Å². The molecule has 2 amide bonds. The number of nitrogens with zero attached hydrogens (tertiary/aromatic N) is 1. The maximum Gasteiger partial charge on any atom is 0.272 e. The zero-order chi connectivity index (χ0) is 18.6. The second-order valence-corrected chi connectivity index (χ2v) is 8.77. The van der Waals surface area contributed by atoms with Crippen molar-refractivity contribution >= 4 is 32.6 Å². The average molecular weight is 366 g/mol.